The largest absolute Gasteiger partial charge is 0.373 e. The lowest BCUT2D eigenvalue weighted by Crippen LogP contribution is -2.26. The number of hydrogen-bond acceptors (Lipinski definition) is 3. The maximum Gasteiger partial charge on any atom is 0.255 e. The lowest BCUT2D eigenvalue weighted by atomic mass is 10.2. The van der Waals surface area contributed by atoms with E-state index < -0.39 is 0 Å². The minimum Gasteiger partial charge on any atom is -0.373 e. The number of nitrogens with one attached hydrogen (secondary N) is 1. The SMILES string of the molecule is CNc1cc(C(=O)N(C)Cc2ccccc2Br)c(Cl)cn1. The van der Waals surface area contributed by atoms with Crippen LogP contribution in [-0.2, 0) is 6.54 Å². The summed E-state index contributed by atoms with van der Waals surface area (Å²) < 4.78 is 0.974. The second-order valence-electron chi connectivity index (χ2n) is 4.55. The quantitative estimate of drug-likeness (QED) is 0.892. The van der Waals surface area contributed by atoms with Crippen LogP contribution in [-0.4, -0.2) is 29.9 Å². The molecule has 0 saturated heterocycles. The number of aromatic nitrogens is 1. The predicted octanol–water partition coefficient (Wildman–Crippen LogP) is 3.81. The maximum absolute atomic E-state index is 12.5. The summed E-state index contributed by atoms with van der Waals surface area (Å²) in [6.45, 7) is 0.494. The highest BCUT2D eigenvalue weighted by molar-refractivity contribution is 9.10. The molecule has 0 saturated carbocycles. The molecule has 110 valence electrons. The number of anilines is 1. The molecule has 2 aromatic rings. The predicted molar refractivity (Wildman–Crippen MR) is 88.7 cm³/mol. The van der Waals surface area contributed by atoms with Crippen LogP contribution in [0.4, 0.5) is 5.82 Å². The highest BCUT2D eigenvalue weighted by Gasteiger charge is 2.17. The molecule has 0 unspecified atom stereocenters. The first-order valence-electron chi connectivity index (χ1n) is 6.35. The van der Waals surface area contributed by atoms with E-state index in [1.807, 2.05) is 24.3 Å². The number of rotatable bonds is 4. The van der Waals surface area contributed by atoms with Crippen LogP contribution >= 0.6 is 27.5 Å². The third kappa shape index (κ3) is 3.74. The first kappa shape index (κ1) is 15.8. The van der Waals surface area contributed by atoms with E-state index in [-0.39, 0.29) is 5.91 Å². The van der Waals surface area contributed by atoms with Gasteiger partial charge in [-0.2, -0.15) is 0 Å². The number of benzene rings is 1. The number of pyridine rings is 1. The van der Waals surface area contributed by atoms with Crippen LogP contribution in [0.2, 0.25) is 5.02 Å². The molecular weight excluding hydrogens is 354 g/mol. The Morgan fingerprint density at radius 2 is 2.14 bits per heavy atom. The van der Waals surface area contributed by atoms with Crippen LogP contribution in [0.3, 0.4) is 0 Å². The number of halogens is 2. The Labute approximate surface area is 137 Å². The van der Waals surface area contributed by atoms with E-state index in [4.69, 9.17) is 11.6 Å². The zero-order chi connectivity index (χ0) is 15.4. The van der Waals surface area contributed by atoms with Crippen LogP contribution in [0.5, 0.6) is 0 Å². The van der Waals surface area contributed by atoms with Crippen molar-refractivity contribution in [1.29, 1.82) is 0 Å². The van der Waals surface area contributed by atoms with Gasteiger partial charge in [0.15, 0.2) is 0 Å². The molecule has 1 aromatic heterocycles. The highest BCUT2D eigenvalue weighted by Crippen LogP contribution is 2.22. The van der Waals surface area contributed by atoms with Crippen molar-refractivity contribution in [2.45, 2.75) is 6.54 Å². The Hall–Kier alpha value is -1.59. The van der Waals surface area contributed by atoms with E-state index in [0.29, 0.717) is 22.9 Å². The van der Waals surface area contributed by atoms with Gasteiger partial charge in [0, 0.05) is 31.3 Å². The van der Waals surface area contributed by atoms with Crippen LogP contribution in [0, 0.1) is 0 Å². The third-order valence-electron chi connectivity index (χ3n) is 3.05. The number of amides is 1. The molecule has 2 rings (SSSR count). The van der Waals surface area contributed by atoms with E-state index in [2.05, 4.69) is 26.2 Å². The average Bonchev–Trinajstić information content (AvgIpc) is 2.49. The lowest BCUT2D eigenvalue weighted by molar-refractivity contribution is 0.0785. The monoisotopic (exact) mass is 367 g/mol. The summed E-state index contributed by atoms with van der Waals surface area (Å²) in [5, 5.41) is 3.24. The average molecular weight is 369 g/mol. The molecule has 0 aliphatic heterocycles. The number of carbonyl (C=O) groups is 1. The third-order valence-corrected chi connectivity index (χ3v) is 4.13. The molecule has 0 bridgehead atoms. The Balaban J connectivity index is 2.22. The molecule has 6 heteroatoms. The van der Waals surface area contributed by atoms with Crippen LogP contribution in [0.25, 0.3) is 0 Å². The first-order chi connectivity index (χ1) is 10.0. The highest BCUT2D eigenvalue weighted by atomic mass is 79.9. The normalized spacial score (nSPS) is 10.3. The van der Waals surface area contributed by atoms with Crippen molar-refractivity contribution in [3.8, 4) is 0 Å². The lowest BCUT2D eigenvalue weighted by Gasteiger charge is -2.19. The zero-order valence-electron chi connectivity index (χ0n) is 11.7. The summed E-state index contributed by atoms with van der Waals surface area (Å²) in [5.74, 6) is 0.465. The second kappa shape index (κ2) is 6.91. The molecule has 0 atom stereocenters. The molecule has 0 radical (unpaired) electrons. The molecule has 1 heterocycles. The fourth-order valence-corrected chi connectivity index (χ4v) is 2.49. The zero-order valence-corrected chi connectivity index (χ0v) is 14.1. The van der Waals surface area contributed by atoms with Crippen molar-refractivity contribution in [3.05, 3.63) is 57.2 Å². The smallest absolute Gasteiger partial charge is 0.255 e. The number of carbonyl (C=O) groups excluding carboxylic acids is 1. The van der Waals surface area contributed by atoms with Gasteiger partial charge in [-0.25, -0.2) is 4.98 Å². The van der Waals surface area contributed by atoms with Crippen LogP contribution in [0.15, 0.2) is 41.0 Å². The first-order valence-corrected chi connectivity index (χ1v) is 7.52. The second-order valence-corrected chi connectivity index (χ2v) is 5.81. The topological polar surface area (TPSA) is 45.2 Å². The van der Waals surface area contributed by atoms with E-state index in [1.165, 1.54) is 6.20 Å². The summed E-state index contributed by atoms with van der Waals surface area (Å²) in [7, 11) is 3.49. The van der Waals surface area contributed by atoms with Gasteiger partial charge in [-0.3, -0.25) is 4.79 Å². The van der Waals surface area contributed by atoms with Gasteiger partial charge in [-0.1, -0.05) is 45.7 Å². The van der Waals surface area contributed by atoms with Gasteiger partial charge in [0.25, 0.3) is 5.91 Å². The molecule has 0 spiro atoms. The Morgan fingerprint density at radius 1 is 1.43 bits per heavy atom. The van der Waals surface area contributed by atoms with Gasteiger partial charge in [0.1, 0.15) is 5.82 Å². The van der Waals surface area contributed by atoms with Crippen LogP contribution in [0.1, 0.15) is 15.9 Å². The van der Waals surface area contributed by atoms with Crippen molar-refractivity contribution in [1.82, 2.24) is 9.88 Å². The minimum atomic E-state index is -0.144. The summed E-state index contributed by atoms with van der Waals surface area (Å²) in [6.07, 6.45) is 1.48. The van der Waals surface area contributed by atoms with Gasteiger partial charge >= 0.3 is 0 Å². The molecule has 0 aliphatic rings. The van der Waals surface area contributed by atoms with E-state index in [9.17, 15) is 4.79 Å². The summed E-state index contributed by atoms with van der Waals surface area (Å²) >= 11 is 9.56. The van der Waals surface area contributed by atoms with Gasteiger partial charge < -0.3 is 10.2 Å². The molecule has 4 nitrogen and oxygen atoms in total. The van der Waals surface area contributed by atoms with E-state index >= 15 is 0 Å². The molecule has 1 aromatic carbocycles. The van der Waals surface area contributed by atoms with Gasteiger partial charge in [0.2, 0.25) is 0 Å². The molecule has 21 heavy (non-hydrogen) atoms. The Kier molecular flexibility index (Phi) is 5.20. The molecule has 1 N–H and O–H groups in total. The molecular formula is C15H15BrClN3O. The summed E-state index contributed by atoms with van der Waals surface area (Å²) in [4.78, 5) is 18.2. The van der Waals surface area contributed by atoms with Crippen molar-refractivity contribution in [2.24, 2.45) is 0 Å². The van der Waals surface area contributed by atoms with Crippen molar-refractivity contribution in [3.63, 3.8) is 0 Å². The fraction of sp³-hybridized carbons (Fsp3) is 0.200. The van der Waals surface area contributed by atoms with Crippen molar-refractivity contribution < 1.29 is 4.79 Å². The fourth-order valence-electron chi connectivity index (χ4n) is 1.90. The molecule has 0 aliphatic carbocycles. The minimum absolute atomic E-state index is 0.144. The number of nitrogens with zero attached hydrogens (tertiary/aromatic N) is 2. The van der Waals surface area contributed by atoms with Gasteiger partial charge in [0.05, 0.1) is 10.6 Å². The molecule has 0 fully saturated rings. The van der Waals surface area contributed by atoms with E-state index in [0.717, 1.165) is 10.0 Å². The standard InChI is InChI=1S/C15H15BrClN3O/c1-18-14-7-11(13(17)8-19-14)15(21)20(2)9-10-5-3-4-6-12(10)16/h3-8H,9H2,1-2H3,(H,18,19). The van der Waals surface area contributed by atoms with E-state index in [1.54, 1.807) is 25.1 Å². The summed E-state index contributed by atoms with van der Waals surface area (Å²) in [5.41, 5.74) is 1.47. The van der Waals surface area contributed by atoms with Gasteiger partial charge in [-0.05, 0) is 17.7 Å². The van der Waals surface area contributed by atoms with Crippen LogP contribution < -0.4 is 5.32 Å². The maximum atomic E-state index is 12.5. The van der Waals surface area contributed by atoms with Gasteiger partial charge in [-0.15, -0.1) is 0 Å². The summed E-state index contributed by atoms with van der Waals surface area (Å²) in [6, 6.07) is 9.46. The Bertz CT molecular complexity index is 663. The Morgan fingerprint density at radius 3 is 2.81 bits per heavy atom. The molecule has 1 amide bonds. The van der Waals surface area contributed by atoms with Crippen molar-refractivity contribution >= 4 is 39.3 Å². The van der Waals surface area contributed by atoms with Crippen molar-refractivity contribution in [2.75, 3.05) is 19.4 Å². The number of hydrogen-bond donors (Lipinski definition) is 1.